The largest absolute Gasteiger partial charge is 0.494 e. The summed E-state index contributed by atoms with van der Waals surface area (Å²) in [7, 11) is 0. The average molecular weight is 319 g/mol. The number of anilines is 1. The molecule has 2 rings (SSSR count). The van der Waals surface area contributed by atoms with Crippen molar-refractivity contribution in [1.29, 1.82) is 0 Å². The Morgan fingerprint density at radius 3 is 2.59 bits per heavy atom. The van der Waals surface area contributed by atoms with E-state index in [2.05, 4.69) is 29.4 Å². The first kappa shape index (κ1) is 16.4. The number of aryl methyl sites for hydroxylation is 1. The molecule has 118 valence electrons. The molecule has 0 aliphatic carbocycles. The molecule has 5 nitrogen and oxygen atoms in total. The zero-order chi connectivity index (χ0) is 15.9. The van der Waals surface area contributed by atoms with Crippen molar-refractivity contribution in [2.75, 3.05) is 11.9 Å². The lowest BCUT2D eigenvalue weighted by Gasteiger charge is -2.08. The second-order valence-electron chi connectivity index (χ2n) is 5.36. The zero-order valence-corrected chi connectivity index (χ0v) is 13.9. The zero-order valence-electron chi connectivity index (χ0n) is 13.1. The van der Waals surface area contributed by atoms with Crippen LogP contribution in [0.4, 0.5) is 5.13 Å². The molecule has 1 heterocycles. The van der Waals surface area contributed by atoms with Crippen LogP contribution in [0, 0.1) is 5.92 Å². The number of nitrogens with one attached hydrogen (secondary N) is 1. The highest BCUT2D eigenvalue weighted by Gasteiger charge is 2.09. The van der Waals surface area contributed by atoms with Crippen LogP contribution in [0.1, 0.15) is 42.6 Å². The van der Waals surface area contributed by atoms with Crippen LogP contribution in [-0.4, -0.2) is 22.7 Å². The first-order valence-corrected chi connectivity index (χ1v) is 8.26. The van der Waals surface area contributed by atoms with Gasteiger partial charge in [0, 0.05) is 5.56 Å². The molecule has 1 aromatic heterocycles. The van der Waals surface area contributed by atoms with E-state index in [1.807, 2.05) is 19.1 Å². The smallest absolute Gasteiger partial charge is 0.257 e. The van der Waals surface area contributed by atoms with Crippen LogP contribution in [0.5, 0.6) is 5.75 Å². The van der Waals surface area contributed by atoms with Gasteiger partial charge in [-0.25, -0.2) is 0 Å². The molecule has 0 aliphatic rings. The first-order chi connectivity index (χ1) is 10.6. The Balaban J connectivity index is 1.90. The number of hydrogen-bond acceptors (Lipinski definition) is 5. The third-order valence-corrected chi connectivity index (χ3v) is 4.05. The lowest BCUT2D eigenvalue weighted by atomic mass is 10.1. The number of amides is 1. The van der Waals surface area contributed by atoms with Gasteiger partial charge in [0.2, 0.25) is 5.13 Å². The number of ether oxygens (including phenoxy) is 1. The summed E-state index contributed by atoms with van der Waals surface area (Å²) in [6.07, 6.45) is 1.83. The topological polar surface area (TPSA) is 64.1 Å². The van der Waals surface area contributed by atoms with E-state index in [-0.39, 0.29) is 5.91 Å². The molecule has 0 fully saturated rings. The van der Waals surface area contributed by atoms with Gasteiger partial charge in [0.05, 0.1) is 6.61 Å². The van der Waals surface area contributed by atoms with Crippen molar-refractivity contribution in [3.63, 3.8) is 0 Å². The second kappa shape index (κ2) is 7.89. The lowest BCUT2D eigenvalue weighted by molar-refractivity contribution is 0.102. The summed E-state index contributed by atoms with van der Waals surface area (Å²) in [6.45, 7) is 7.01. The van der Waals surface area contributed by atoms with Crippen LogP contribution in [-0.2, 0) is 6.42 Å². The van der Waals surface area contributed by atoms with Gasteiger partial charge in [-0.15, -0.1) is 10.2 Å². The van der Waals surface area contributed by atoms with Gasteiger partial charge in [0.15, 0.2) is 0 Å². The van der Waals surface area contributed by atoms with Crippen LogP contribution < -0.4 is 10.1 Å². The predicted molar refractivity (Wildman–Crippen MR) is 88.6 cm³/mol. The molecule has 1 amide bonds. The third kappa shape index (κ3) is 4.80. The Morgan fingerprint density at radius 2 is 2.00 bits per heavy atom. The standard InChI is InChI=1S/C16H21N3O2S/c1-4-14-18-19-16(22-14)17-15(20)12-5-7-13(8-6-12)21-10-9-11(2)3/h5-8,11H,4,9-10H2,1-3H3,(H,17,19,20). The van der Waals surface area contributed by atoms with Crippen LogP contribution in [0.2, 0.25) is 0 Å². The van der Waals surface area contributed by atoms with Crippen LogP contribution in [0.25, 0.3) is 0 Å². The van der Waals surface area contributed by atoms with E-state index < -0.39 is 0 Å². The number of carbonyl (C=O) groups excluding carboxylic acids is 1. The molecule has 0 radical (unpaired) electrons. The van der Waals surface area contributed by atoms with E-state index in [4.69, 9.17) is 4.74 Å². The molecule has 1 N–H and O–H groups in total. The molecule has 0 unspecified atom stereocenters. The minimum absolute atomic E-state index is 0.187. The maximum atomic E-state index is 12.1. The van der Waals surface area contributed by atoms with Crippen molar-refractivity contribution < 1.29 is 9.53 Å². The van der Waals surface area contributed by atoms with Crippen LogP contribution >= 0.6 is 11.3 Å². The summed E-state index contributed by atoms with van der Waals surface area (Å²) in [4.78, 5) is 12.1. The quantitative estimate of drug-likeness (QED) is 0.843. The normalized spacial score (nSPS) is 10.7. The Kier molecular flexibility index (Phi) is 5.89. The molecule has 6 heteroatoms. The van der Waals surface area contributed by atoms with E-state index in [0.717, 1.165) is 23.6 Å². The van der Waals surface area contributed by atoms with Gasteiger partial charge < -0.3 is 4.74 Å². The lowest BCUT2D eigenvalue weighted by Crippen LogP contribution is -2.11. The molecular weight excluding hydrogens is 298 g/mol. The molecule has 0 aliphatic heterocycles. The fraction of sp³-hybridized carbons (Fsp3) is 0.438. The van der Waals surface area contributed by atoms with Crippen LogP contribution in [0.3, 0.4) is 0 Å². The van der Waals surface area contributed by atoms with Crippen molar-refractivity contribution in [1.82, 2.24) is 10.2 Å². The number of hydrogen-bond donors (Lipinski definition) is 1. The number of nitrogens with zero attached hydrogens (tertiary/aromatic N) is 2. The molecule has 0 saturated heterocycles. The molecule has 0 saturated carbocycles. The molecule has 1 aromatic carbocycles. The molecular formula is C16H21N3O2S. The average Bonchev–Trinajstić information content (AvgIpc) is 2.95. The highest BCUT2D eigenvalue weighted by atomic mass is 32.1. The van der Waals surface area contributed by atoms with E-state index in [1.54, 1.807) is 12.1 Å². The summed E-state index contributed by atoms with van der Waals surface area (Å²) >= 11 is 1.39. The van der Waals surface area contributed by atoms with E-state index in [1.165, 1.54) is 11.3 Å². The van der Waals surface area contributed by atoms with Crippen molar-refractivity contribution >= 4 is 22.4 Å². The highest BCUT2D eigenvalue weighted by Crippen LogP contribution is 2.18. The summed E-state index contributed by atoms with van der Waals surface area (Å²) in [6, 6.07) is 7.13. The molecule has 0 spiro atoms. The van der Waals surface area contributed by atoms with Gasteiger partial charge in [-0.2, -0.15) is 0 Å². The van der Waals surface area contributed by atoms with Gasteiger partial charge in [0.1, 0.15) is 10.8 Å². The summed E-state index contributed by atoms with van der Waals surface area (Å²) in [5.74, 6) is 1.21. The number of aromatic nitrogens is 2. The Morgan fingerprint density at radius 1 is 1.27 bits per heavy atom. The van der Waals surface area contributed by atoms with Crippen molar-refractivity contribution in [3.8, 4) is 5.75 Å². The van der Waals surface area contributed by atoms with E-state index in [9.17, 15) is 4.79 Å². The minimum Gasteiger partial charge on any atom is -0.494 e. The Labute approximate surface area is 134 Å². The second-order valence-corrected chi connectivity index (χ2v) is 6.43. The van der Waals surface area contributed by atoms with E-state index >= 15 is 0 Å². The first-order valence-electron chi connectivity index (χ1n) is 7.45. The van der Waals surface area contributed by atoms with Gasteiger partial charge >= 0.3 is 0 Å². The molecule has 22 heavy (non-hydrogen) atoms. The molecule has 0 atom stereocenters. The van der Waals surface area contributed by atoms with Gasteiger partial charge in [-0.3, -0.25) is 10.1 Å². The summed E-state index contributed by atoms with van der Waals surface area (Å²) in [5.41, 5.74) is 0.574. The summed E-state index contributed by atoms with van der Waals surface area (Å²) in [5, 5.41) is 12.1. The Hall–Kier alpha value is -1.95. The van der Waals surface area contributed by atoms with Gasteiger partial charge in [-0.05, 0) is 43.0 Å². The van der Waals surface area contributed by atoms with E-state index in [0.29, 0.717) is 23.2 Å². The van der Waals surface area contributed by atoms with Crippen LogP contribution in [0.15, 0.2) is 24.3 Å². The Bertz CT molecular complexity index is 608. The third-order valence-electron chi connectivity index (χ3n) is 3.07. The van der Waals surface area contributed by atoms with Gasteiger partial charge in [0.25, 0.3) is 5.91 Å². The SMILES string of the molecule is CCc1nnc(NC(=O)c2ccc(OCCC(C)C)cc2)s1. The maximum Gasteiger partial charge on any atom is 0.257 e. The fourth-order valence-corrected chi connectivity index (χ4v) is 2.41. The summed E-state index contributed by atoms with van der Waals surface area (Å²) < 4.78 is 5.64. The minimum atomic E-state index is -0.187. The van der Waals surface area contributed by atoms with Gasteiger partial charge in [-0.1, -0.05) is 32.1 Å². The maximum absolute atomic E-state index is 12.1. The highest BCUT2D eigenvalue weighted by molar-refractivity contribution is 7.15. The van der Waals surface area contributed by atoms with Crippen molar-refractivity contribution in [3.05, 3.63) is 34.8 Å². The van der Waals surface area contributed by atoms with Crippen molar-refractivity contribution in [2.24, 2.45) is 5.92 Å². The number of benzene rings is 1. The van der Waals surface area contributed by atoms with Crippen molar-refractivity contribution in [2.45, 2.75) is 33.6 Å². The predicted octanol–water partition coefficient (Wildman–Crippen LogP) is 3.78. The fourth-order valence-electron chi connectivity index (χ4n) is 1.73. The number of rotatable bonds is 7. The molecule has 2 aromatic rings. The number of carbonyl (C=O) groups is 1. The molecule has 0 bridgehead atoms. The monoisotopic (exact) mass is 319 g/mol.